The number of hydrogen-bond donors (Lipinski definition) is 1. The maximum absolute atomic E-state index is 11.5. The zero-order valence-corrected chi connectivity index (χ0v) is 20.2. The largest absolute Gasteiger partial charge is 0.465 e. The molecule has 9 nitrogen and oxygen atoms in total. The Kier molecular flexibility index (Phi) is 6.25. The van der Waals surface area contributed by atoms with E-state index in [4.69, 9.17) is 14.3 Å². The van der Waals surface area contributed by atoms with Crippen LogP contribution in [0.1, 0.15) is 49.2 Å². The van der Waals surface area contributed by atoms with E-state index in [0.29, 0.717) is 18.8 Å². The van der Waals surface area contributed by atoms with Gasteiger partial charge in [-0.1, -0.05) is 6.07 Å². The summed E-state index contributed by atoms with van der Waals surface area (Å²) < 4.78 is 13.7. The van der Waals surface area contributed by atoms with Gasteiger partial charge in [0.2, 0.25) is 0 Å². The average molecular weight is 476 g/mol. The summed E-state index contributed by atoms with van der Waals surface area (Å²) in [5, 5.41) is 15.3. The van der Waals surface area contributed by atoms with E-state index >= 15 is 0 Å². The average Bonchev–Trinajstić information content (AvgIpc) is 3.46. The highest BCUT2D eigenvalue weighted by atomic mass is 16.5. The molecule has 1 amide bonds. The van der Waals surface area contributed by atoms with Gasteiger partial charge in [-0.3, -0.25) is 4.98 Å². The van der Waals surface area contributed by atoms with Crippen LogP contribution in [0.4, 0.5) is 4.79 Å². The maximum Gasteiger partial charge on any atom is 0.407 e. The first-order valence-corrected chi connectivity index (χ1v) is 11.9. The SMILES string of the molecule is CCN(Cc1cncc(-c2ccc3c(c2)c(-c2ocnc2C)nn3C2CCCCO2)c1C)C(=O)O. The Bertz CT molecular complexity index is 1370. The minimum atomic E-state index is -0.942. The van der Waals surface area contributed by atoms with Gasteiger partial charge in [0.1, 0.15) is 5.69 Å². The monoisotopic (exact) mass is 475 g/mol. The van der Waals surface area contributed by atoms with Crippen molar-refractivity contribution < 1.29 is 19.1 Å². The molecule has 0 radical (unpaired) electrons. The standard InChI is InChI=1S/C26H29N5O4/c1-4-30(26(32)33)14-19-12-27-13-21(16(19)2)18-8-9-22-20(11-18)24(25-17(3)28-15-35-25)29-31(22)23-7-5-6-10-34-23/h8-9,11-13,15,23H,4-7,10,14H2,1-3H3,(H,32,33). The summed E-state index contributed by atoms with van der Waals surface area (Å²) in [5.74, 6) is 0.644. The number of benzene rings is 1. The normalized spacial score (nSPS) is 16.0. The van der Waals surface area contributed by atoms with Gasteiger partial charge in [-0.2, -0.15) is 5.10 Å². The van der Waals surface area contributed by atoms with Gasteiger partial charge in [-0.05, 0) is 68.9 Å². The molecule has 4 aromatic rings. The molecule has 1 unspecified atom stereocenters. The van der Waals surface area contributed by atoms with Gasteiger partial charge in [0.25, 0.3) is 0 Å². The smallest absolute Gasteiger partial charge is 0.407 e. The lowest BCUT2D eigenvalue weighted by molar-refractivity contribution is -0.0365. The van der Waals surface area contributed by atoms with Crippen LogP contribution in [0.15, 0.2) is 41.4 Å². The van der Waals surface area contributed by atoms with Crippen molar-refractivity contribution in [1.29, 1.82) is 0 Å². The Morgan fingerprint density at radius 1 is 1.26 bits per heavy atom. The van der Waals surface area contributed by atoms with Crippen LogP contribution in [0, 0.1) is 13.8 Å². The second kappa shape index (κ2) is 9.50. The molecule has 0 aliphatic carbocycles. The summed E-state index contributed by atoms with van der Waals surface area (Å²) in [7, 11) is 0. The number of fused-ring (bicyclic) bond motifs is 1. The molecule has 1 N–H and O–H groups in total. The number of nitrogens with zero attached hydrogens (tertiary/aromatic N) is 5. The van der Waals surface area contributed by atoms with Crippen LogP contribution < -0.4 is 0 Å². The number of ether oxygens (including phenoxy) is 1. The fourth-order valence-electron chi connectivity index (χ4n) is 4.68. The zero-order chi connectivity index (χ0) is 24.5. The summed E-state index contributed by atoms with van der Waals surface area (Å²) in [6.45, 7) is 7.17. The molecule has 0 saturated carbocycles. The molecule has 1 aromatic carbocycles. The summed E-state index contributed by atoms with van der Waals surface area (Å²) >= 11 is 0. The summed E-state index contributed by atoms with van der Waals surface area (Å²) in [6.07, 6.45) is 7.03. The van der Waals surface area contributed by atoms with Crippen LogP contribution in [-0.2, 0) is 11.3 Å². The second-order valence-corrected chi connectivity index (χ2v) is 8.88. The van der Waals surface area contributed by atoms with Crippen molar-refractivity contribution in [3.63, 3.8) is 0 Å². The first-order valence-electron chi connectivity index (χ1n) is 11.9. The van der Waals surface area contributed by atoms with Crippen molar-refractivity contribution in [3.8, 4) is 22.6 Å². The highest BCUT2D eigenvalue weighted by Gasteiger charge is 2.24. The van der Waals surface area contributed by atoms with E-state index in [2.05, 4.69) is 28.2 Å². The van der Waals surface area contributed by atoms with Crippen molar-refractivity contribution >= 4 is 17.0 Å². The van der Waals surface area contributed by atoms with E-state index in [0.717, 1.165) is 70.4 Å². The van der Waals surface area contributed by atoms with E-state index in [1.165, 1.54) is 11.3 Å². The topological polar surface area (TPSA) is 107 Å². The number of rotatable bonds is 6. The number of oxazole rings is 1. The van der Waals surface area contributed by atoms with Crippen molar-refractivity contribution in [2.45, 2.75) is 52.8 Å². The van der Waals surface area contributed by atoms with E-state index in [1.54, 1.807) is 6.20 Å². The molecule has 3 aromatic heterocycles. The van der Waals surface area contributed by atoms with Crippen LogP contribution in [0.25, 0.3) is 33.5 Å². The molecule has 1 fully saturated rings. The zero-order valence-electron chi connectivity index (χ0n) is 20.2. The minimum absolute atomic E-state index is 0.114. The van der Waals surface area contributed by atoms with E-state index < -0.39 is 6.09 Å². The minimum Gasteiger partial charge on any atom is -0.465 e. The Labute approximate surface area is 203 Å². The number of amides is 1. The van der Waals surface area contributed by atoms with Gasteiger partial charge in [0.15, 0.2) is 18.4 Å². The second-order valence-electron chi connectivity index (χ2n) is 8.88. The molecule has 0 spiro atoms. The van der Waals surface area contributed by atoms with Gasteiger partial charge < -0.3 is 19.2 Å². The molecular formula is C26H29N5O4. The third-order valence-corrected chi connectivity index (χ3v) is 6.74. The highest BCUT2D eigenvalue weighted by molar-refractivity contribution is 5.95. The van der Waals surface area contributed by atoms with Crippen LogP contribution in [0.2, 0.25) is 0 Å². The highest BCUT2D eigenvalue weighted by Crippen LogP contribution is 2.37. The molecule has 1 aliphatic rings. The van der Waals surface area contributed by atoms with Crippen molar-refractivity contribution in [3.05, 3.63) is 53.8 Å². The van der Waals surface area contributed by atoms with Crippen molar-refractivity contribution in [2.24, 2.45) is 0 Å². The summed E-state index contributed by atoms with van der Waals surface area (Å²) in [4.78, 5) is 21.6. The number of pyridine rings is 1. The summed E-state index contributed by atoms with van der Waals surface area (Å²) in [6, 6.07) is 6.22. The van der Waals surface area contributed by atoms with E-state index in [9.17, 15) is 9.90 Å². The third-order valence-electron chi connectivity index (χ3n) is 6.74. The summed E-state index contributed by atoms with van der Waals surface area (Å²) in [5.41, 5.74) is 6.29. The number of aromatic nitrogens is 4. The molecule has 1 aliphatic heterocycles. The van der Waals surface area contributed by atoms with Crippen molar-refractivity contribution in [2.75, 3.05) is 13.2 Å². The molecule has 0 bridgehead atoms. The van der Waals surface area contributed by atoms with E-state index in [-0.39, 0.29) is 6.23 Å². The lowest BCUT2D eigenvalue weighted by Gasteiger charge is -2.23. The molecule has 1 atom stereocenters. The molecular weight excluding hydrogens is 446 g/mol. The van der Waals surface area contributed by atoms with Gasteiger partial charge in [0, 0.05) is 36.5 Å². The van der Waals surface area contributed by atoms with Gasteiger partial charge >= 0.3 is 6.09 Å². The molecule has 35 heavy (non-hydrogen) atoms. The number of aryl methyl sites for hydroxylation is 1. The predicted molar refractivity (Wildman–Crippen MR) is 131 cm³/mol. The molecule has 1 saturated heterocycles. The molecule has 182 valence electrons. The fraction of sp³-hybridized carbons (Fsp3) is 0.385. The molecule has 5 rings (SSSR count). The van der Waals surface area contributed by atoms with Crippen LogP contribution in [-0.4, -0.2) is 49.0 Å². The van der Waals surface area contributed by atoms with Gasteiger partial charge in [-0.25, -0.2) is 14.5 Å². The lowest BCUT2D eigenvalue weighted by Crippen LogP contribution is -2.28. The Morgan fingerprint density at radius 2 is 2.11 bits per heavy atom. The maximum atomic E-state index is 11.5. The quantitative estimate of drug-likeness (QED) is 0.388. The van der Waals surface area contributed by atoms with E-state index in [1.807, 2.05) is 31.6 Å². The van der Waals surface area contributed by atoms with Gasteiger partial charge in [-0.15, -0.1) is 0 Å². The Morgan fingerprint density at radius 3 is 2.80 bits per heavy atom. The Hall–Kier alpha value is -3.72. The third kappa shape index (κ3) is 4.27. The lowest BCUT2D eigenvalue weighted by atomic mass is 9.97. The van der Waals surface area contributed by atoms with Crippen LogP contribution >= 0.6 is 0 Å². The van der Waals surface area contributed by atoms with Gasteiger partial charge in [0.05, 0.1) is 17.8 Å². The first-order chi connectivity index (χ1) is 17.0. The number of carbonyl (C=O) groups is 1. The number of carboxylic acid groups (broad SMARTS) is 1. The molecule has 9 heteroatoms. The number of hydrogen-bond acceptors (Lipinski definition) is 6. The predicted octanol–water partition coefficient (Wildman–Crippen LogP) is 5.57. The molecule has 4 heterocycles. The fourth-order valence-corrected chi connectivity index (χ4v) is 4.68. The van der Waals surface area contributed by atoms with Crippen LogP contribution in [0.5, 0.6) is 0 Å². The Balaban J connectivity index is 1.62. The van der Waals surface area contributed by atoms with Crippen LogP contribution in [0.3, 0.4) is 0 Å². The first kappa shape index (κ1) is 23.0. The van der Waals surface area contributed by atoms with Crippen molar-refractivity contribution in [1.82, 2.24) is 24.6 Å².